The Bertz CT molecular complexity index is 618. The molecule has 0 saturated carbocycles. The van der Waals surface area contributed by atoms with Gasteiger partial charge in [0, 0.05) is 38.3 Å². The number of nitrogens with zero attached hydrogens (tertiary/aromatic N) is 5. The second-order valence-electron chi connectivity index (χ2n) is 6.09. The van der Waals surface area contributed by atoms with E-state index in [2.05, 4.69) is 38.8 Å². The Balaban J connectivity index is 1.73. The summed E-state index contributed by atoms with van der Waals surface area (Å²) >= 11 is 0. The van der Waals surface area contributed by atoms with Gasteiger partial charge in [0.1, 0.15) is 5.52 Å². The van der Waals surface area contributed by atoms with E-state index in [9.17, 15) is 0 Å². The zero-order valence-electron chi connectivity index (χ0n) is 12.7. The number of piperazine rings is 1. The highest BCUT2D eigenvalue weighted by Crippen LogP contribution is 2.19. The van der Waals surface area contributed by atoms with Crippen molar-refractivity contribution in [2.45, 2.75) is 19.4 Å². The van der Waals surface area contributed by atoms with Gasteiger partial charge in [-0.25, -0.2) is 4.98 Å². The third-order valence-electron chi connectivity index (χ3n) is 4.27. The van der Waals surface area contributed by atoms with Crippen LogP contribution in [0.25, 0.3) is 11.0 Å². The van der Waals surface area contributed by atoms with Crippen LogP contribution in [-0.2, 0) is 0 Å². The standard InChI is InChI=1S/C15H22N6/c1-15(2,11-16)21-9-7-20(8-10-21)14-17-12-5-3-4-6-13(12)18-19-14/h3-6H,7-11,16H2,1-2H3. The van der Waals surface area contributed by atoms with Crippen molar-refractivity contribution >= 4 is 17.0 Å². The molecule has 112 valence electrons. The van der Waals surface area contributed by atoms with Gasteiger partial charge in [-0.1, -0.05) is 12.1 Å². The molecule has 0 bridgehead atoms. The maximum atomic E-state index is 5.86. The van der Waals surface area contributed by atoms with E-state index < -0.39 is 0 Å². The Labute approximate surface area is 125 Å². The molecule has 0 radical (unpaired) electrons. The smallest absolute Gasteiger partial charge is 0.246 e. The Morgan fingerprint density at radius 1 is 1.05 bits per heavy atom. The van der Waals surface area contributed by atoms with Crippen LogP contribution in [0.4, 0.5) is 5.95 Å². The number of para-hydroxylation sites is 1. The highest BCUT2D eigenvalue weighted by atomic mass is 15.4. The van der Waals surface area contributed by atoms with E-state index in [4.69, 9.17) is 5.73 Å². The molecule has 3 rings (SSSR count). The molecule has 1 fully saturated rings. The first-order valence-electron chi connectivity index (χ1n) is 7.40. The molecule has 2 heterocycles. The molecule has 0 atom stereocenters. The van der Waals surface area contributed by atoms with E-state index in [1.165, 1.54) is 0 Å². The van der Waals surface area contributed by atoms with Crippen molar-refractivity contribution in [2.24, 2.45) is 5.73 Å². The number of fused-ring (bicyclic) bond motifs is 1. The lowest BCUT2D eigenvalue weighted by Gasteiger charge is -2.43. The summed E-state index contributed by atoms with van der Waals surface area (Å²) in [6.45, 7) is 8.81. The van der Waals surface area contributed by atoms with Crippen LogP contribution >= 0.6 is 0 Å². The van der Waals surface area contributed by atoms with Gasteiger partial charge >= 0.3 is 0 Å². The fourth-order valence-corrected chi connectivity index (χ4v) is 2.65. The molecule has 1 aliphatic heterocycles. The molecular weight excluding hydrogens is 264 g/mol. The topological polar surface area (TPSA) is 71.2 Å². The van der Waals surface area contributed by atoms with Crippen LogP contribution in [0.15, 0.2) is 24.3 Å². The van der Waals surface area contributed by atoms with Gasteiger partial charge in [-0.2, -0.15) is 0 Å². The van der Waals surface area contributed by atoms with Gasteiger partial charge in [0.15, 0.2) is 0 Å². The average molecular weight is 286 g/mol. The van der Waals surface area contributed by atoms with Gasteiger partial charge < -0.3 is 10.6 Å². The highest BCUT2D eigenvalue weighted by molar-refractivity contribution is 5.74. The van der Waals surface area contributed by atoms with Crippen molar-refractivity contribution in [1.82, 2.24) is 20.1 Å². The van der Waals surface area contributed by atoms with Gasteiger partial charge in [-0.3, -0.25) is 4.90 Å². The van der Waals surface area contributed by atoms with Crippen molar-refractivity contribution in [1.29, 1.82) is 0 Å². The second kappa shape index (κ2) is 5.54. The van der Waals surface area contributed by atoms with E-state index in [-0.39, 0.29) is 5.54 Å². The minimum Gasteiger partial charge on any atom is -0.337 e. The van der Waals surface area contributed by atoms with Gasteiger partial charge in [-0.15, -0.1) is 10.2 Å². The molecule has 1 aliphatic rings. The first-order chi connectivity index (χ1) is 10.1. The Kier molecular flexibility index (Phi) is 3.73. The largest absolute Gasteiger partial charge is 0.337 e. The second-order valence-corrected chi connectivity index (χ2v) is 6.09. The van der Waals surface area contributed by atoms with E-state index in [1.807, 2.05) is 24.3 Å². The number of anilines is 1. The van der Waals surface area contributed by atoms with Crippen molar-refractivity contribution in [2.75, 3.05) is 37.6 Å². The van der Waals surface area contributed by atoms with Gasteiger partial charge in [0.25, 0.3) is 0 Å². The molecule has 2 aromatic rings. The lowest BCUT2D eigenvalue weighted by molar-refractivity contribution is 0.118. The quantitative estimate of drug-likeness (QED) is 0.903. The summed E-state index contributed by atoms with van der Waals surface area (Å²) in [7, 11) is 0. The molecule has 1 aromatic heterocycles. The predicted octanol–water partition coefficient (Wildman–Crippen LogP) is 0.884. The molecule has 1 aromatic carbocycles. The van der Waals surface area contributed by atoms with Gasteiger partial charge in [-0.05, 0) is 26.0 Å². The molecule has 1 saturated heterocycles. The predicted molar refractivity (Wildman–Crippen MR) is 84.3 cm³/mol. The molecule has 0 spiro atoms. The summed E-state index contributed by atoms with van der Waals surface area (Å²) in [5, 5.41) is 8.51. The number of nitrogens with two attached hydrogens (primary N) is 1. The van der Waals surface area contributed by atoms with Crippen LogP contribution in [-0.4, -0.2) is 58.3 Å². The van der Waals surface area contributed by atoms with E-state index >= 15 is 0 Å². The zero-order chi connectivity index (χ0) is 14.9. The molecule has 6 heteroatoms. The zero-order valence-corrected chi connectivity index (χ0v) is 12.7. The van der Waals surface area contributed by atoms with Crippen LogP contribution in [0.2, 0.25) is 0 Å². The number of aromatic nitrogens is 3. The Morgan fingerprint density at radius 3 is 2.38 bits per heavy atom. The van der Waals surface area contributed by atoms with Crippen molar-refractivity contribution < 1.29 is 0 Å². The monoisotopic (exact) mass is 286 g/mol. The summed E-state index contributed by atoms with van der Waals surface area (Å²) in [5.74, 6) is 0.721. The molecule has 0 unspecified atom stereocenters. The van der Waals surface area contributed by atoms with E-state index in [0.717, 1.165) is 43.2 Å². The normalized spacial score (nSPS) is 17.4. The van der Waals surface area contributed by atoms with Crippen LogP contribution in [0, 0.1) is 0 Å². The summed E-state index contributed by atoms with van der Waals surface area (Å²) in [6.07, 6.45) is 0. The number of rotatable bonds is 3. The fourth-order valence-electron chi connectivity index (χ4n) is 2.65. The summed E-state index contributed by atoms with van der Waals surface area (Å²) in [4.78, 5) is 9.24. The lowest BCUT2D eigenvalue weighted by atomic mass is 10.0. The highest BCUT2D eigenvalue weighted by Gasteiger charge is 2.29. The molecule has 0 aliphatic carbocycles. The van der Waals surface area contributed by atoms with Crippen molar-refractivity contribution in [3.63, 3.8) is 0 Å². The third-order valence-corrected chi connectivity index (χ3v) is 4.27. The summed E-state index contributed by atoms with van der Waals surface area (Å²) in [5.41, 5.74) is 7.64. The minimum absolute atomic E-state index is 0.0502. The fraction of sp³-hybridized carbons (Fsp3) is 0.533. The van der Waals surface area contributed by atoms with Crippen LogP contribution in [0.3, 0.4) is 0 Å². The number of benzene rings is 1. The van der Waals surface area contributed by atoms with Crippen molar-refractivity contribution in [3.8, 4) is 0 Å². The van der Waals surface area contributed by atoms with Gasteiger partial charge in [0.2, 0.25) is 5.95 Å². The SMILES string of the molecule is CC(C)(CN)N1CCN(c2nnc3ccccc3n2)CC1. The summed E-state index contributed by atoms with van der Waals surface area (Å²) < 4.78 is 0. The molecule has 0 amide bonds. The van der Waals surface area contributed by atoms with Crippen molar-refractivity contribution in [3.05, 3.63) is 24.3 Å². The number of hydrogen-bond donors (Lipinski definition) is 1. The van der Waals surface area contributed by atoms with Crippen LogP contribution < -0.4 is 10.6 Å². The Morgan fingerprint density at radius 2 is 1.71 bits per heavy atom. The summed E-state index contributed by atoms with van der Waals surface area (Å²) in [6, 6.07) is 7.83. The molecule has 6 nitrogen and oxygen atoms in total. The minimum atomic E-state index is 0.0502. The maximum absolute atomic E-state index is 5.86. The van der Waals surface area contributed by atoms with E-state index in [0.29, 0.717) is 6.54 Å². The van der Waals surface area contributed by atoms with Gasteiger partial charge in [0.05, 0.1) is 5.52 Å². The number of hydrogen-bond acceptors (Lipinski definition) is 6. The molecule has 2 N–H and O–H groups in total. The molecular formula is C15H22N6. The first-order valence-corrected chi connectivity index (χ1v) is 7.40. The molecule has 21 heavy (non-hydrogen) atoms. The maximum Gasteiger partial charge on any atom is 0.246 e. The third kappa shape index (κ3) is 2.82. The Hall–Kier alpha value is -1.79. The van der Waals surface area contributed by atoms with Crippen LogP contribution in [0.1, 0.15) is 13.8 Å². The average Bonchev–Trinajstić information content (AvgIpc) is 2.54. The lowest BCUT2D eigenvalue weighted by Crippen LogP contribution is -2.57. The first kappa shape index (κ1) is 14.2. The van der Waals surface area contributed by atoms with Crippen LogP contribution in [0.5, 0.6) is 0 Å². The van der Waals surface area contributed by atoms with E-state index in [1.54, 1.807) is 0 Å².